The molecule has 0 aliphatic carbocycles. The molecule has 0 radical (unpaired) electrons. The summed E-state index contributed by atoms with van der Waals surface area (Å²) in [5, 5.41) is 5.14. The number of benzene rings is 1. The number of fused-ring (bicyclic) bond motifs is 1. The average molecular weight is 489 g/mol. The number of ketones is 1. The van der Waals surface area contributed by atoms with E-state index in [1.54, 1.807) is 19.2 Å². The second-order valence-electron chi connectivity index (χ2n) is 8.30. The molecule has 1 aromatic carbocycles. The molecular formula is C23H19F4N5OS. The molecule has 0 fully saturated rings. The first kappa shape index (κ1) is 22.5. The molecule has 11 heteroatoms. The zero-order valence-corrected chi connectivity index (χ0v) is 18.8. The molecule has 0 amide bonds. The van der Waals surface area contributed by atoms with Crippen LogP contribution in [0.25, 0.3) is 21.8 Å². The predicted octanol–water partition coefficient (Wildman–Crippen LogP) is 5.40. The zero-order valence-electron chi connectivity index (χ0n) is 18.0. The Kier molecular flexibility index (Phi) is 5.59. The highest BCUT2D eigenvalue weighted by Crippen LogP contribution is 2.35. The zero-order chi connectivity index (χ0) is 24.0. The van der Waals surface area contributed by atoms with Gasteiger partial charge >= 0.3 is 6.18 Å². The van der Waals surface area contributed by atoms with Gasteiger partial charge in [-0.2, -0.15) is 18.3 Å². The Balaban J connectivity index is 1.34. The molecule has 1 aliphatic heterocycles. The number of Topliss-reactive ketones (excluding diaryl/α,β-unsaturated/α-hetero) is 1. The number of carbonyl (C=O) groups excluding carboxylic acids is 1. The molecule has 0 spiro atoms. The van der Waals surface area contributed by atoms with E-state index in [9.17, 15) is 22.4 Å². The van der Waals surface area contributed by atoms with Crippen LogP contribution in [0.4, 0.5) is 17.6 Å². The highest BCUT2D eigenvalue weighted by molar-refractivity contribution is 7.13. The summed E-state index contributed by atoms with van der Waals surface area (Å²) in [6, 6.07) is 6.24. The van der Waals surface area contributed by atoms with E-state index in [-0.39, 0.29) is 34.6 Å². The van der Waals surface area contributed by atoms with Gasteiger partial charge in [0.2, 0.25) is 0 Å². The van der Waals surface area contributed by atoms with E-state index < -0.39 is 11.9 Å². The summed E-state index contributed by atoms with van der Waals surface area (Å²) in [7, 11) is 1.59. The van der Waals surface area contributed by atoms with Crippen molar-refractivity contribution in [2.45, 2.75) is 32.0 Å². The van der Waals surface area contributed by atoms with Gasteiger partial charge in [0.05, 0.1) is 17.5 Å². The van der Waals surface area contributed by atoms with Crippen LogP contribution >= 0.6 is 11.3 Å². The molecule has 4 aromatic rings. The maximum absolute atomic E-state index is 13.6. The van der Waals surface area contributed by atoms with Gasteiger partial charge in [0, 0.05) is 43.6 Å². The molecule has 34 heavy (non-hydrogen) atoms. The van der Waals surface area contributed by atoms with Crippen LogP contribution in [-0.4, -0.2) is 30.1 Å². The van der Waals surface area contributed by atoms with Crippen molar-refractivity contribution < 1.29 is 22.4 Å². The quantitative estimate of drug-likeness (QED) is 0.278. The van der Waals surface area contributed by atoms with Gasteiger partial charge < -0.3 is 4.57 Å². The minimum Gasteiger partial charge on any atom is -0.334 e. The fourth-order valence-corrected chi connectivity index (χ4v) is 5.10. The van der Waals surface area contributed by atoms with E-state index in [0.717, 1.165) is 29.0 Å². The Morgan fingerprint density at radius 3 is 2.82 bits per heavy atom. The topological polar surface area (TPSA) is 65.6 Å². The number of rotatable bonds is 5. The molecule has 1 aliphatic rings. The predicted molar refractivity (Wildman–Crippen MR) is 118 cm³/mol. The number of hydrogen-bond acceptors (Lipinski definition) is 5. The second kappa shape index (κ2) is 8.46. The molecule has 176 valence electrons. The van der Waals surface area contributed by atoms with Crippen LogP contribution in [0.2, 0.25) is 0 Å². The van der Waals surface area contributed by atoms with Gasteiger partial charge in [0.25, 0.3) is 0 Å². The molecule has 0 bridgehead atoms. The number of hydrogen-bond donors (Lipinski definition) is 0. The van der Waals surface area contributed by atoms with Crippen molar-refractivity contribution >= 4 is 17.1 Å². The lowest BCUT2D eigenvalue weighted by molar-refractivity contribution is -0.140. The van der Waals surface area contributed by atoms with Crippen LogP contribution in [-0.2, 0) is 26.2 Å². The molecule has 3 aromatic heterocycles. The minimum atomic E-state index is -4.55. The summed E-state index contributed by atoms with van der Waals surface area (Å²) in [5.41, 5.74) is 0.939. The number of alkyl halides is 3. The molecule has 0 saturated carbocycles. The minimum absolute atomic E-state index is 0.0209. The summed E-state index contributed by atoms with van der Waals surface area (Å²) >= 11 is 0.836. The Morgan fingerprint density at radius 1 is 1.26 bits per heavy atom. The third kappa shape index (κ3) is 4.27. The number of aryl methyl sites for hydroxylation is 2. The van der Waals surface area contributed by atoms with Crippen molar-refractivity contribution in [2.24, 2.45) is 13.0 Å². The van der Waals surface area contributed by atoms with Crippen LogP contribution in [0.15, 0.2) is 42.0 Å². The largest absolute Gasteiger partial charge is 0.434 e. The summed E-state index contributed by atoms with van der Waals surface area (Å²) in [4.78, 5) is 21.5. The van der Waals surface area contributed by atoms with Crippen molar-refractivity contribution in [3.8, 4) is 21.8 Å². The van der Waals surface area contributed by atoms with E-state index in [1.807, 2.05) is 10.8 Å². The van der Waals surface area contributed by atoms with Crippen molar-refractivity contribution in [1.82, 2.24) is 24.3 Å². The Bertz CT molecular complexity index is 1370. The van der Waals surface area contributed by atoms with Crippen LogP contribution in [0, 0.1) is 11.7 Å². The van der Waals surface area contributed by atoms with Gasteiger partial charge in [-0.3, -0.25) is 9.48 Å². The molecule has 0 N–H and O–H groups in total. The molecule has 1 atom stereocenters. The van der Waals surface area contributed by atoms with Gasteiger partial charge in [-0.15, -0.1) is 11.3 Å². The first-order valence-electron chi connectivity index (χ1n) is 10.6. The molecule has 1 unspecified atom stereocenters. The second-order valence-corrected chi connectivity index (χ2v) is 9.16. The first-order valence-corrected chi connectivity index (χ1v) is 11.5. The number of thiazole rings is 1. The number of nitrogens with zero attached hydrogens (tertiary/aromatic N) is 5. The maximum Gasteiger partial charge on any atom is 0.434 e. The van der Waals surface area contributed by atoms with Gasteiger partial charge in [0.1, 0.15) is 22.3 Å². The highest BCUT2D eigenvalue weighted by Gasteiger charge is 2.35. The molecule has 5 rings (SSSR count). The van der Waals surface area contributed by atoms with Gasteiger partial charge in [-0.25, -0.2) is 14.4 Å². The maximum atomic E-state index is 13.6. The van der Waals surface area contributed by atoms with Gasteiger partial charge in [-0.05, 0) is 24.5 Å². The summed E-state index contributed by atoms with van der Waals surface area (Å²) in [5.74, 6) is 0.312. The lowest BCUT2D eigenvalue weighted by atomic mass is 9.91. The van der Waals surface area contributed by atoms with Gasteiger partial charge in [0.15, 0.2) is 11.5 Å². The van der Waals surface area contributed by atoms with Crippen molar-refractivity contribution in [3.63, 3.8) is 0 Å². The van der Waals surface area contributed by atoms with Crippen molar-refractivity contribution in [3.05, 3.63) is 65.1 Å². The lowest BCUT2D eigenvalue weighted by Gasteiger charge is -2.22. The average Bonchev–Trinajstić information content (AvgIpc) is 3.50. The summed E-state index contributed by atoms with van der Waals surface area (Å²) < 4.78 is 55.9. The van der Waals surface area contributed by atoms with Crippen LogP contribution < -0.4 is 0 Å². The van der Waals surface area contributed by atoms with E-state index in [1.165, 1.54) is 23.0 Å². The Hall–Kier alpha value is -3.34. The molecule has 4 heterocycles. The van der Waals surface area contributed by atoms with Crippen LogP contribution in [0.1, 0.15) is 34.8 Å². The summed E-state index contributed by atoms with van der Waals surface area (Å²) in [6.07, 6.45) is 0.263. The monoisotopic (exact) mass is 489 g/mol. The highest BCUT2D eigenvalue weighted by atomic mass is 32.1. The smallest absolute Gasteiger partial charge is 0.334 e. The SMILES string of the molecule is Cn1ncc(-c2nc(C(F)(F)F)cs2)c1C(=O)CC1CCn2cc(-c3cccc(F)c3)nc2C1. The van der Waals surface area contributed by atoms with E-state index in [4.69, 9.17) is 0 Å². The number of aromatic nitrogens is 5. The molecule has 6 nitrogen and oxygen atoms in total. The fourth-order valence-electron chi connectivity index (χ4n) is 4.27. The van der Waals surface area contributed by atoms with Crippen LogP contribution in [0.3, 0.4) is 0 Å². The molecular weight excluding hydrogens is 470 g/mol. The third-order valence-corrected chi connectivity index (χ3v) is 6.81. The third-order valence-electron chi connectivity index (χ3n) is 5.93. The molecule has 0 saturated heterocycles. The Morgan fingerprint density at radius 2 is 2.09 bits per heavy atom. The van der Waals surface area contributed by atoms with E-state index in [0.29, 0.717) is 29.8 Å². The fraction of sp³-hybridized carbons (Fsp3) is 0.304. The number of halogens is 4. The summed E-state index contributed by atoms with van der Waals surface area (Å²) in [6.45, 7) is 0.676. The standard InChI is InChI=1S/C23H19F4N5OS/c1-31-21(16(10-28-31)22-30-19(12-34-22)23(25,26)27)18(33)7-13-5-6-32-11-17(29-20(32)8-13)14-3-2-4-15(24)9-14/h2-4,9-13H,5-8H2,1H3. The Labute approximate surface area is 195 Å². The van der Waals surface area contributed by atoms with Crippen molar-refractivity contribution in [2.75, 3.05) is 0 Å². The van der Waals surface area contributed by atoms with E-state index in [2.05, 4.69) is 15.1 Å². The number of carbonyl (C=O) groups is 1. The van der Waals surface area contributed by atoms with E-state index >= 15 is 0 Å². The van der Waals surface area contributed by atoms with Crippen molar-refractivity contribution in [1.29, 1.82) is 0 Å². The lowest BCUT2D eigenvalue weighted by Crippen LogP contribution is -2.22. The normalized spacial score (nSPS) is 16.0. The van der Waals surface area contributed by atoms with Crippen LogP contribution in [0.5, 0.6) is 0 Å². The number of imidazole rings is 1. The van der Waals surface area contributed by atoms with Gasteiger partial charge in [-0.1, -0.05) is 12.1 Å². The first-order chi connectivity index (χ1) is 16.2.